The molecule has 0 fully saturated rings. The number of nitrogens with zero attached hydrogens (tertiary/aromatic N) is 2. The second kappa shape index (κ2) is 5.35. The van der Waals surface area contributed by atoms with E-state index in [4.69, 9.17) is 16.0 Å². The molecule has 0 radical (unpaired) electrons. The van der Waals surface area contributed by atoms with Crippen molar-refractivity contribution in [3.8, 4) is 11.6 Å². The van der Waals surface area contributed by atoms with Crippen molar-refractivity contribution in [2.75, 3.05) is 0 Å². The van der Waals surface area contributed by atoms with Crippen LogP contribution in [-0.4, -0.2) is 15.8 Å². The summed E-state index contributed by atoms with van der Waals surface area (Å²) >= 11 is 6.03. The number of hydrogen-bond donors (Lipinski definition) is 0. The summed E-state index contributed by atoms with van der Waals surface area (Å²) in [6.45, 7) is 0.505. The number of imidazole rings is 1. The van der Waals surface area contributed by atoms with Gasteiger partial charge >= 0.3 is 0 Å². The summed E-state index contributed by atoms with van der Waals surface area (Å²) in [5.41, 5.74) is 1.40. The summed E-state index contributed by atoms with van der Waals surface area (Å²) in [6, 6.07) is 13.4. The van der Waals surface area contributed by atoms with Crippen LogP contribution in [0.2, 0.25) is 5.15 Å². The van der Waals surface area contributed by atoms with E-state index < -0.39 is 0 Å². The van der Waals surface area contributed by atoms with Crippen molar-refractivity contribution in [1.29, 1.82) is 0 Å². The maximum Gasteiger partial charge on any atom is 0.178 e. The molecule has 0 amide bonds. The molecular formula is C15H11ClN2O2. The summed E-state index contributed by atoms with van der Waals surface area (Å²) in [5.74, 6) is 1.13. The molecule has 0 N–H and O–H groups in total. The molecule has 0 aliphatic carbocycles. The van der Waals surface area contributed by atoms with Crippen molar-refractivity contribution >= 4 is 17.9 Å². The van der Waals surface area contributed by atoms with Crippen LogP contribution in [0.15, 0.2) is 53.1 Å². The number of carbonyl (C=O) groups is 1. The first kappa shape index (κ1) is 12.7. The molecule has 2 aromatic heterocycles. The summed E-state index contributed by atoms with van der Waals surface area (Å²) in [7, 11) is 0. The average molecular weight is 287 g/mol. The van der Waals surface area contributed by atoms with Crippen LogP contribution in [0.25, 0.3) is 11.6 Å². The minimum absolute atomic E-state index is 0.183. The zero-order chi connectivity index (χ0) is 13.9. The fourth-order valence-corrected chi connectivity index (χ4v) is 2.29. The van der Waals surface area contributed by atoms with Gasteiger partial charge in [-0.05, 0) is 17.7 Å². The Labute approximate surface area is 120 Å². The highest BCUT2D eigenvalue weighted by molar-refractivity contribution is 6.31. The predicted octanol–water partition coefficient (Wildman–Crippen LogP) is 3.66. The van der Waals surface area contributed by atoms with Crippen molar-refractivity contribution < 1.29 is 9.21 Å². The number of hydrogen-bond acceptors (Lipinski definition) is 3. The van der Waals surface area contributed by atoms with E-state index >= 15 is 0 Å². The zero-order valence-corrected chi connectivity index (χ0v) is 11.2. The van der Waals surface area contributed by atoms with Crippen LogP contribution in [0.5, 0.6) is 0 Å². The van der Waals surface area contributed by atoms with E-state index in [-0.39, 0.29) is 5.15 Å². The third-order valence-corrected chi connectivity index (χ3v) is 3.28. The van der Waals surface area contributed by atoms with E-state index in [2.05, 4.69) is 4.98 Å². The Morgan fingerprint density at radius 2 is 2.00 bits per heavy atom. The van der Waals surface area contributed by atoms with Gasteiger partial charge in [-0.2, -0.15) is 0 Å². The Balaban J connectivity index is 2.10. The van der Waals surface area contributed by atoms with E-state index in [0.717, 1.165) is 5.56 Å². The van der Waals surface area contributed by atoms with Gasteiger partial charge in [-0.25, -0.2) is 4.98 Å². The fraction of sp³-hybridized carbons (Fsp3) is 0.0667. The predicted molar refractivity (Wildman–Crippen MR) is 75.9 cm³/mol. The lowest BCUT2D eigenvalue weighted by atomic mass is 10.2. The third-order valence-electron chi connectivity index (χ3n) is 3.00. The van der Waals surface area contributed by atoms with Crippen LogP contribution in [0.1, 0.15) is 16.1 Å². The first-order valence-corrected chi connectivity index (χ1v) is 6.46. The lowest BCUT2D eigenvalue weighted by molar-refractivity contribution is 0.111. The van der Waals surface area contributed by atoms with Crippen LogP contribution in [0.4, 0.5) is 0 Å². The normalized spacial score (nSPS) is 10.7. The highest BCUT2D eigenvalue weighted by atomic mass is 35.5. The molecule has 3 aromatic rings. The lowest BCUT2D eigenvalue weighted by Gasteiger charge is -2.08. The molecule has 5 heteroatoms. The number of halogens is 1. The number of aromatic nitrogens is 2. The van der Waals surface area contributed by atoms with Gasteiger partial charge in [0.05, 0.1) is 6.26 Å². The van der Waals surface area contributed by atoms with E-state index in [1.807, 2.05) is 30.3 Å². The summed E-state index contributed by atoms with van der Waals surface area (Å²) in [5, 5.41) is 0.183. The Kier molecular flexibility index (Phi) is 3.39. The topological polar surface area (TPSA) is 48.0 Å². The highest BCUT2D eigenvalue weighted by Crippen LogP contribution is 2.26. The second-order valence-corrected chi connectivity index (χ2v) is 4.64. The SMILES string of the molecule is O=Cc1c(Cl)nc(-c2ccco2)n1Cc1ccccc1. The second-order valence-electron chi connectivity index (χ2n) is 4.28. The summed E-state index contributed by atoms with van der Waals surface area (Å²) < 4.78 is 7.11. The molecule has 100 valence electrons. The number of furan rings is 1. The largest absolute Gasteiger partial charge is 0.461 e. The van der Waals surface area contributed by atoms with Gasteiger partial charge in [-0.15, -0.1) is 0 Å². The maximum absolute atomic E-state index is 11.2. The highest BCUT2D eigenvalue weighted by Gasteiger charge is 2.18. The van der Waals surface area contributed by atoms with Crippen molar-refractivity contribution in [2.45, 2.75) is 6.54 Å². The smallest absolute Gasteiger partial charge is 0.178 e. The molecule has 0 atom stereocenters. The summed E-state index contributed by atoms with van der Waals surface area (Å²) in [4.78, 5) is 15.5. The monoisotopic (exact) mass is 286 g/mol. The molecule has 20 heavy (non-hydrogen) atoms. The van der Waals surface area contributed by atoms with Crippen LogP contribution in [0.3, 0.4) is 0 Å². The molecular weight excluding hydrogens is 276 g/mol. The molecule has 0 unspecified atom stereocenters. The van der Waals surface area contributed by atoms with Gasteiger partial charge in [0.25, 0.3) is 0 Å². The number of aldehydes is 1. The average Bonchev–Trinajstić information content (AvgIpc) is 3.08. The van der Waals surface area contributed by atoms with E-state index in [0.29, 0.717) is 30.1 Å². The van der Waals surface area contributed by atoms with E-state index in [1.54, 1.807) is 23.0 Å². The van der Waals surface area contributed by atoms with Gasteiger partial charge in [0.2, 0.25) is 0 Å². The molecule has 0 aliphatic rings. The van der Waals surface area contributed by atoms with Gasteiger partial charge < -0.3 is 8.98 Å². The van der Waals surface area contributed by atoms with Gasteiger partial charge in [0.1, 0.15) is 5.69 Å². The molecule has 0 bridgehead atoms. The van der Waals surface area contributed by atoms with E-state index in [1.165, 1.54) is 0 Å². The van der Waals surface area contributed by atoms with Gasteiger partial charge in [-0.1, -0.05) is 41.9 Å². The number of rotatable bonds is 4. The van der Waals surface area contributed by atoms with Crippen LogP contribution >= 0.6 is 11.6 Å². The number of carbonyl (C=O) groups excluding carboxylic acids is 1. The van der Waals surface area contributed by atoms with E-state index in [9.17, 15) is 4.79 Å². The maximum atomic E-state index is 11.2. The minimum Gasteiger partial charge on any atom is -0.461 e. The number of benzene rings is 1. The Morgan fingerprint density at radius 3 is 2.65 bits per heavy atom. The van der Waals surface area contributed by atoms with Crippen molar-refractivity contribution in [2.24, 2.45) is 0 Å². The quantitative estimate of drug-likeness (QED) is 0.688. The standard InChI is InChI=1S/C15H11ClN2O2/c16-14-12(10-19)18(9-11-5-2-1-3-6-11)15(17-14)13-7-4-8-20-13/h1-8,10H,9H2. The first-order valence-electron chi connectivity index (χ1n) is 6.08. The molecule has 1 aromatic carbocycles. The first-order chi connectivity index (χ1) is 9.79. The molecule has 2 heterocycles. The molecule has 0 saturated heterocycles. The molecule has 0 aliphatic heterocycles. The lowest BCUT2D eigenvalue weighted by Crippen LogP contribution is -2.05. The molecule has 0 spiro atoms. The van der Waals surface area contributed by atoms with Crippen molar-refractivity contribution in [3.05, 3.63) is 65.1 Å². The molecule has 4 nitrogen and oxygen atoms in total. The summed E-state index contributed by atoms with van der Waals surface area (Å²) in [6.07, 6.45) is 2.27. The van der Waals surface area contributed by atoms with Gasteiger partial charge in [0.15, 0.2) is 23.0 Å². The molecule has 0 saturated carbocycles. The van der Waals surface area contributed by atoms with Gasteiger partial charge in [0, 0.05) is 6.54 Å². The third kappa shape index (κ3) is 2.26. The van der Waals surface area contributed by atoms with Crippen molar-refractivity contribution in [1.82, 2.24) is 9.55 Å². The van der Waals surface area contributed by atoms with Crippen LogP contribution < -0.4 is 0 Å². The fourth-order valence-electron chi connectivity index (χ4n) is 2.07. The Morgan fingerprint density at radius 1 is 1.20 bits per heavy atom. The Bertz CT molecular complexity index is 718. The van der Waals surface area contributed by atoms with Crippen molar-refractivity contribution in [3.63, 3.8) is 0 Å². The van der Waals surface area contributed by atoms with Crippen LogP contribution in [0, 0.1) is 0 Å². The van der Waals surface area contributed by atoms with Crippen LogP contribution in [-0.2, 0) is 6.54 Å². The molecule has 3 rings (SSSR count). The zero-order valence-electron chi connectivity index (χ0n) is 10.5. The Hall–Kier alpha value is -2.33. The van der Waals surface area contributed by atoms with Gasteiger partial charge in [-0.3, -0.25) is 4.79 Å². The minimum atomic E-state index is 0.183.